The van der Waals surface area contributed by atoms with E-state index < -0.39 is 0 Å². The minimum atomic E-state index is -0.326. The van der Waals surface area contributed by atoms with Crippen LogP contribution in [0, 0.1) is 5.82 Å². The number of halogens is 1. The van der Waals surface area contributed by atoms with Gasteiger partial charge in [-0.1, -0.05) is 103 Å². The minimum Gasteiger partial charge on any atom is -0.457 e. The largest absolute Gasteiger partial charge is 0.457 e. The summed E-state index contributed by atoms with van der Waals surface area (Å²) in [5.74, 6) is 0.821. The van der Waals surface area contributed by atoms with E-state index in [1.807, 2.05) is 60.7 Å². The lowest BCUT2D eigenvalue weighted by Gasteiger charge is -2.20. The van der Waals surface area contributed by atoms with E-state index in [4.69, 9.17) is 4.74 Å². The second kappa shape index (κ2) is 8.91. The normalized spacial score (nSPS) is 10.7. The first kappa shape index (κ1) is 19.8. The van der Waals surface area contributed by atoms with Gasteiger partial charge in [-0.25, -0.2) is 4.39 Å². The van der Waals surface area contributed by atoms with Gasteiger partial charge in [0.2, 0.25) is 0 Å². The topological polar surface area (TPSA) is 9.23 Å². The van der Waals surface area contributed by atoms with Crippen LogP contribution in [0.2, 0.25) is 0 Å². The summed E-state index contributed by atoms with van der Waals surface area (Å²) >= 11 is 0. The molecule has 5 rings (SSSR count). The third-order valence-electron chi connectivity index (χ3n) is 5.40. The van der Waals surface area contributed by atoms with Gasteiger partial charge in [0.25, 0.3) is 0 Å². The molecule has 0 aromatic heterocycles. The van der Waals surface area contributed by atoms with Crippen molar-refractivity contribution < 1.29 is 9.13 Å². The van der Waals surface area contributed by atoms with Crippen LogP contribution < -0.4 is 4.74 Å². The Labute approximate surface area is 187 Å². The zero-order valence-electron chi connectivity index (χ0n) is 17.4. The summed E-state index contributed by atoms with van der Waals surface area (Å²) in [4.78, 5) is 0. The van der Waals surface area contributed by atoms with Gasteiger partial charge < -0.3 is 4.74 Å². The predicted molar refractivity (Wildman–Crippen MR) is 129 cm³/mol. The van der Waals surface area contributed by atoms with Crippen LogP contribution in [0.4, 0.5) is 4.39 Å². The minimum absolute atomic E-state index is 0.326. The highest BCUT2D eigenvalue weighted by molar-refractivity contribution is 5.97. The smallest absolute Gasteiger partial charge is 0.135 e. The van der Waals surface area contributed by atoms with Crippen molar-refractivity contribution in [1.82, 2.24) is 0 Å². The molecule has 154 valence electrons. The molecule has 2 heteroatoms. The molecule has 0 fully saturated rings. The lowest BCUT2D eigenvalue weighted by atomic mass is 9.87. The Bertz CT molecular complexity index is 1330. The highest BCUT2D eigenvalue weighted by Gasteiger charge is 2.19. The van der Waals surface area contributed by atoms with Crippen molar-refractivity contribution in [3.05, 3.63) is 133 Å². The number of rotatable bonds is 5. The third-order valence-corrected chi connectivity index (χ3v) is 5.40. The first-order chi connectivity index (χ1) is 15.8. The zero-order valence-corrected chi connectivity index (χ0v) is 17.4. The Morgan fingerprint density at radius 2 is 1.03 bits per heavy atom. The van der Waals surface area contributed by atoms with Gasteiger partial charge in [0, 0.05) is 17.2 Å². The molecule has 0 N–H and O–H groups in total. The van der Waals surface area contributed by atoms with Gasteiger partial charge in [-0.15, -0.1) is 0 Å². The van der Waals surface area contributed by atoms with Crippen LogP contribution in [0.5, 0.6) is 11.5 Å². The van der Waals surface area contributed by atoms with Gasteiger partial charge in [-0.3, -0.25) is 0 Å². The maximum absolute atomic E-state index is 13.8. The van der Waals surface area contributed by atoms with Crippen molar-refractivity contribution in [3.63, 3.8) is 0 Å². The summed E-state index contributed by atoms with van der Waals surface area (Å²) in [6.45, 7) is 0. The second-order valence-electron chi connectivity index (χ2n) is 7.52. The van der Waals surface area contributed by atoms with Crippen molar-refractivity contribution in [3.8, 4) is 44.9 Å². The van der Waals surface area contributed by atoms with Gasteiger partial charge in [-0.05, 0) is 40.5 Å². The van der Waals surface area contributed by atoms with Crippen LogP contribution in [0.1, 0.15) is 0 Å². The number of hydrogen-bond donors (Lipinski definition) is 0. The molecule has 0 spiro atoms. The fourth-order valence-corrected chi connectivity index (χ4v) is 3.98. The first-order valence-electron chi connectivity index (χ1n) is 10.6. The van der Waals surface area contributed by atoms with Gasteiger partial charge in [-0.2, -0.15) is 0 Å². The molecular formula is C30H21FO. The van der Waals surface area contributed by atoms with E-state index in [1.54, 1.807) is 12.1 Å². The Morgan fingerprint density at radius 1 is 0.469 bits per heavy atom. The summed E-state index contributed by atoms with van der Waals surface area (Å²) in [5.41, 5.74) is 6.42. The molecular weight excluding hydrogens is 395 g/mol. The Hall–Kier alpha value is -4.17. The molecule has 0 unspecified atom stereocenters. The molecule has 5 aromatic rings. The van der Waals surface area contributed by atoms with Crippen molar-refractivity contribution in [2.24, 2.45) is 0 Å². The lowest BCUT2D eigenvalue weighted by molar-refractivity contribution is 0.478. The zero-order chi connectivity index (χ0) is 21.8. The molecule has 5 aromatic carbocycles. The molecule has 32 heavy (non-hydrogen) atoms. The van der Waals surface area contributed by atoms with E-state index in [0.717, 1.165) is 33.4 Å². The Kier molecular flexibility index (Phi) is 5.50. The fraction of sp³-hybridized carbons (Fsp3) is 0. The number of hydrogen-bond acceptors (Lipinski definition) is 1. The quantitative estimate of drug-likeness (QED) is 0.279. The summed E-state index contributed by atoms with van der Waals surface area (Å²) in [5, 5.41) is 0. The van der Waals surface area contributed by atoms with E-state index in [2.05, 4.69) is 42.5 Å². The van der Waals surface area contributed by atoms with Crippen molar-refractivity contribution in [1.29, 1.82) is 0 Å². The van der Waals surface area contributed by atoms with Gasteiger partial charge in [0.1, 0.15) is 17.3 Å². The average molecular weight is 416 g/mol. The average Bonchev–Trinajstić information content (AvgIpc) is 2.85. The summed E-state index contributed by atoms with van der Waals surface area (Å²) in [6.07, 6.45) is 0. The molecule has 0 heterocycles. The van der Waals surface area contributed by atoms with Crippen LogP contribution in [0.3, 0.4) is 0 Å². The number of benzene rings is 5. The fourth-order valence-electron chi connectivity index (χ4n) is 3.98. The molecule has 0 aliphatic rings. The molecule has 0 bridgehead atoms. The van der Waals surface area contributed by atoms with Crippen LogP contribution >= 0.6 is 0 Å². The standard InChI is InChI=1S/C30H21FO/c31-25-17-10-18-26(21-25)32-28-20-19-27(22-11-4-1-5-12-22)29(23-13-6-2-7-14-23)30(28)24-15-8-3-9-16-24/h1-21H. The molecule has 1 nitrogen and oxygen atoms in total. The van der Waals surface area contributed by atoms with Crippen molar-refractivity contribution in [2.75, 3.05) is 0 Å². The highest BCUT2D eigenvalue weighted by atomic mass is 19.1. The number of ether oxygens (including phenoxy) is 1. The predicted octanol–water partition coefficient (Wildman–Crippen LogP) is 8.62. The van der Waals surface area contributed by atoms with Gasteiger partial charge in [0.15, 0.2) is 0 Å². The first-order valence-corrected chi connectivity index (χ1v) is 10.6. The second-order valence-corrected chi connectivity index (χ2v) is 7.52. The third kappa shape index (κ3) is 4.03. The van der Waals surface area contributed by atoms with Gasteiger partial charge >= 0.3 is 0 Å². The molecule has 0 atom stereocenters. The summed E-state index contributed by atoms with van der Waals surface area (Å²) < 4.78 is 20.1. The van der Waals surface area contributed by atoms with Crippen molar-refractivity contribution in [2.45, 2.75) is 0 Å². The molecule has 0 radical (unpaired) electrons. The summed E-state index contributed by atoms with van der Waals surface area (Å²) in [6, 6.07) is 41.2. The molecule has 0 amide bonds. The maximum atomic E-state index is 13.8. The van der Waals surface area contributed by atoms with Crippen LogP contribution in [-0.2, 0) is 0 Å². The molecule has 0 saturated heterocycles. The van der Waals surface area contributed by atoms with Crippen LogP contribution in [-0.4, -0.2) is 0 Å². The molecule has 0 aliphatic carbocycles. The molecule has 0 aliphatic heterocycles. The Balaban J connectivity index is 1.81. The lowest BCUT2D eigenvalue weighted by Crippen LogP contribution is -1.95. The monoisotopic (exact) mass is 416 g/mol. The van der Waals surface area contributed by atoms with Crippen LogP contribution in [0.15, 0.2) is 127 Å². The Morgan fingerprint density at radius 3 is 1.62 bits per heavy atom. The van der Waals surface area contributed by atoms with E-state index in [0.29, 0.717) is 11.5 Å². The van der Waals surface area contributed by atoms with E-state index in [1.165, 1.54) is 12.1 Å². The highest BCUT2D eigenvalue weighted by Crippen LogP contribution is 2.46. The summed E-state index contributed by atoms with van der Waals surface area (Å²) in [7, 11) is 0. The van der Waals surface area contributed by atoms with Crippen molar-refractivity contribution >= 4 is 0 Å². The maximum Gasteiger partial charge on any atom is 0.135 e. The van der Waals surface area contributed by atoms with E-state index >= 15 is 0 Å². The van der Waals surface area contributed by atoms with Crippen LogP contribution in [0.25, 0.3) is 33.4 Å². The molecule has 0 saturated carbocycles. The van der Waals surface area contributed by atoms with E-state index in [9.17, 15) is 4.39 Å². The SMILES string of the molecule is Fc1cccc(Oc2ccc(-c3ccccc3)c(-c3ccccc3)c2-c2ccccc2)c1. The van der Waals surface area contributed by atoms with E-state index in [-0.39, 0.29) is 5.82 Å². The van der Waals surface area contributed by atoms with Gasteiger partial charge in [0.05, 0.1) is 0 Å².